The van der Waals surface area contributed by atoms with E-state index in [0.717, 1.165) is 36.6 Å². The standard InChI is InChI=1S/C24H20F3N7/c1-3-33(4-2)16-10-11-17-18(14-16)30-22-21(29-17)20(15-8-6-5-7-9-15)32-34(22)23-28-13-12-19(31-23)24(25,26)27/h5-14H,3-4H2,1-2H3. The average molecular weight is 463 g/mol. The molecular formula is C24H20F3N7. The van der Waals surface area contributed by atoms with Crippen LogP contribution in [-0.2, 0) is 6.18 Å². The topological polar surface area (TPSA) is 72.6 Å². The molecule has 0 aliphatic heterocycles. The van der Waals surface area contributed by atoms with Gasteiger partial charge in [0.05, 0.1) is 11.0 Å². The van der Waals surface area contributed by atoms with Gasteiger partial charge in [0.15, 0.2) is 5.65 Å². The molecule has 5 rings (SSSR count). The summed E-state index contributed by atoms with van der Waals surface area (Å²) in [4.78, 5) is 19.5. The molecule has 0 spiro atoms. The van der Waals surface area contributed by atoms with E-state index in [-0.39, 0.29) is 11.6 Å². The molecule has 34 heavy (non-hydrogen) atoms. The maximum absolute atomic E-state index is 13.3. The number of hydrogen-bond acceptors (Lipinski definition) is 6. The molecule has 5 aromatic rings. The van der Waals surface area contributed by atoms with Crippen molar-refractivity contribution in [1.82, 2.24) is 29.7 Å². The zero-order valence-corrected chi connectivity index (χ0v) is 18.5. The molecule has 0 unspecified atom stereocenters. The molecule has 0 aliphatic rings. The van der Waals surface area contributed by atoms with Gasteiger partial charge < -0.3 is 4.90 Å². The lowest BCUT2D eigenvalue weighted by atomic mass is 10.1. The van der Waals surface area contributed by atoms with Crippen LogP contribution in [0.5, 0.6) is 0 Å². The Labute approximate surface area is 192 Å². The van der Waals surface area contributed by atoms with Crippen molar-refractivity contribution in [2.75, 3.05) is 18.0 Å². The summed E-state index contributed by atoms with van der Waals surface area (Å²) in [5, 5.41) is 4.55. The first-order valence-corrected chi connectivity index (χ1v) is 10.8. The fourth-order valence-electron chi connectivity index (χ4n) is 3.86. The highest BCUT2D eigenvalue weighted by atomic mass is 19.4. The third-order valence-electron chi connectivity index (χ3n) is 5.55. The maximum Gasteiger partial charge on any atom is 0.433 e. The number of aromatic nitrogens is 6. The van der Waals surface area contributed by atoms with Gasteiger partial charge >= 0.3 is 6.18 Å². The van der Waals surface area contributed by atoms with Crippen LogP contribution in [0.2, 0.25) is 0 Å². The molecule has 0 aliphatic carbocycles. The van der Waals surface area contributed by atoms with Crippen molar-refractivity contribution in [3.05, 3.63) is 66.5 Å². The number of alkyl halides is 3. The summed E-state index contributed by atoms with van der Waals surface area (Å²) in [5.74, 6) is -0.226. The van der Waals surface area contributed by atoms with Gasteiger partial charge in [0.1, 0.15) is 16.9 Å². The normalized spacial score (nSPS) is 11.9. The van der Waals surface area contributed by atoms with Gasteiger partial charge in [-0.05, 0) is 38.1 Å². The highest BCUT2D eigenvalue weighted by Gasteiger charge is 2.33. The molecule has 0 saturated heterocycles. The minimum atomic E-state index is -4.61. The first-order valence-electron chi connectivity index (χ1n) is 10.8. The second kappa shape index (κ2) is 8.36. The number of anilines is 1. The van der Waals surface area contributed by atoms with Crippen molar-refractivity contribution in [3.63, 3.8) is 0 Å². The lowest BCUT2D eigenvalue weighted by Gasteiger charge is -2.21. The highest BCUT2D eigenvalue weighted by molar-refractivity contribution is 5.94. The van der Waals surface area contributed by atoms with Crippen molar-refractivity contribution in [2.45, 2.75) is 20.0 Å². The van der Waals surface area contributed by atoms with Crippen LogP contribution in [0.25, 0.3) is 39.4 Å². The summed E-state index contributed by atoms with van der Waals surface area (Å²) in [6.45, 7) is 5.78. The van der Waals surface area contributed by atoms with Gasteiger partial charge in [-0.15, -0.1) is 0 Å². The average Bonchev–Trinajstić information content (AvgIpc) is 3.22. The van der Waals surface area contributed by atoms with Crippen LogP contribution in [0.4, 0.5) is 18.9 Å². The lowest BCUT2D eigenvalue weighted by molar-refractivity contribution is -0.141. The van der Waals surface area contributed by atoms with Crippen LogP contribution in [0.3, 0.4) is 0 Å². The molecular weight excluding hydrogens is 443 g/mol. The van der Waals surface area contributed by atoms with Crippen molar-refractivity contribution >= 4 is 27.9 Å². The third-order valence-corrected chi connectivity index (χ3v) is 5.55. The number of halogens is 3. The van der Waals surface area contributed by atoms with E-state index in [1.165, 1.54) is 4.68 Å². The molecule has 0 N–H and O–H groups in total. The Morgan fingerprint density at radius 2 is 1.65 bits per heavy atom. The van der Waals surface area contributed by atoms with Gasteiger partial charge in [-0.25, -0.2) is 19.9 Å². The van der Waals surface area contributed by atoms with Crippen LogP contribution in [-0.4, -0.2) is 42.8 Å². The molecule has 0 bridgehead atoms. The Bertz CT molecular complexity index is 1480. The molecule has 0 amide bonds. The summed E-state index contributed by atoms with van der Waals surface area (Å²) < 4.78 is 41.2. The summed E-state index contributed by atoms with van der Waals surface area (Å²) in [6.07, 6.45) is -3.55. The van der Waals surface area contributed by atoms with Crippen LogP contribution in [0.1, 0.15) is 19.5 Å². The zero-order chi connectivity index (χ0) is 23.9. The second-order valence-corrected chi connectivity index (χ2v) is 7.61. The van der Waals surface area contributed by atoms with E-state index in [0.29, 0.717) is 22.2 Å². The maximum atomic E-state index is 13.3. The van der Waals surface area contributed by atoms with Gasteiger partial charge in [0.2, 0.25) is 0 Å². The summed E-state index contributed by atoms with van der Waals surface area (Å²) in [6, 6.07) is 15.9. The first-order chi connectivity index (χ1) is 16.4. The first kappa shape index (κ1) is 21.7. The van der Waals surface area contributed by atoms with Crippen LogP contribution in [0.15, 0.2) is 60.8 Å². The zero-order valence-electron chi connectivity index (χ0n) is 18.5. The number of benzene rings is 2. The van der Waals surface area contributed by atoms with E-state index in [9.17, 15) is 13.2 Å². The molecule has 172 valence electrons. The number of nitrogens with zero attached hydrogens (tertiary/aromatic N) is 7. The highest BCUT2D eigenvalue weighted by Crippen LogP contribution is 2.31. The van der Waals surface area contributed by atoms with Crippen LogP contribution < -0.4 is 4.90 Å². The Balaban J connectivity index is 1.78. The molecule has 0 atom stereocenters. The van der Waals surface area contributed by atoms with Crippen molar-refractivity contribution in [1.29, 1.82) is 0 Å². The van der Waals surface area contributed by atoms with Gasteiger partial charge in [0, 0.05) is 30.5 Å². The Hall–Kier alpha value is -4.08. The molecule has 0 saturated carbocycles. The van der Waals surface area contributed by atoms with E-state index in [4.69, 9.17) is 9.97 Å². The molecule has 2 aromatic carbocycles. The Kier molecular flexibility index (Phi) is 5.35. The van der Waals surface area contributed by atoms with Gasteiger partial charge in [0.25, 0.3) is 5.95 Å². The van der Waals surface area contributed by atoms with Crippen molar-refractivity contribution in [2.24, 2.45) is 0 Å². The van der Waals surface area contributed by atoms with Gasteiger partial charge in [-0.3, -0.25) is 0 Å². The van der Waals surface area contributed by atoms with Gasteiger partial charge in [-0.2, -0.15) is 23.0 Å². The summed E-state index contributed by atoms with van der Waals surface area (Å²) >= 11 is 0. The quantitative estimate of drug-likeness (QED) is 0.353. The fourth-order valence-corrected chi connectivity index (χ4v) is 3.86. The molecule has 3 heterocycles. The Morgan fingerprint density at radius 1 is 0.882 bits per heavy atom. The minimum absolute atomic E-state index is 0.226. The third kappa shape index (κ3) is 3.81. The largest absolute Gasteiger partial charge is 0.433 e. The monoisotopic (exact) mass is 463 g/mol. The smallest absolute Gasteiger partial charge is 0.372 e. The second-order valence-electron chi connectivity index (χ2n) is 7.61. The summed E-state index contributed by atoms with van der Waals surface area (Å²) in [5.41, 5.74) is 3.16. The summed E-state index contributed by atoms with van der Waals surface area (Å²) in [7, 11) is 0. The van der Waals surface area contributed by atoms with Crippen LogP contribution in [0, 0.1) is 0 Å². The molecule has 10 heteroatoms. The Morgan fingerprint density at radius 3 is 2.35 bits per heavy atom. The molecule has 7 nitrogen and oxygen atoms in total. The minimum Gasteiger partial charge on any atom is -0.372 e. The molecule has 3 aromatic heterocycles. The van der Waals surface area contributed by atoms with E-state index in [2.05, 4.69) is 33.8 Å². The van der Waals surface area contributed by atoms with E-state index in [1.54, 1.807) is 0 Å². The lowest BCUT2D eigenvalue weighted by Crippen LogP contribution is -2.21. The van der Waals surface area contributed by atoms with E-state index < -0.39 is 11.9 Å². The fraction of sp³-hybridized carbons (Fsp3) is 0.208. The van der Waals surface area contributed by atoms with Crippen LogP contribution >= 0.6 is 0 Å². The van der Waals surface area contributed by atoms with Crippen molar-refractivity contribution < 1.29 is 13.2 Å². The van der Waals surface area contributed by atoms with E-state index >= 15 is 0 Å². The van der Waals surface area contributed by atoms with Gasteiger partial charge in [-0.1, -0.05) is 30.3 Å². The predicted molar refractivity (Wildman–Crippen MR) is 124 cm³/mol. The number of hydrogen-bond donors (Lipinski definition) is 0. The van der Waals surface area contributed by atoms with E-state index in [1.807, 2.05) is 48.5 Å². The number of rotatable bonds is 5. The van der Waals surface area contributed by atoms with Crippen molar-refractivity contribution in [3.8, 4) is 17.2 Å². The predicted octanol–water partition coefficient (Wildman–Crippen LogP) is 5.29. The SMILES string of the molecule is CCN(CC)c1ccc2nc3c(-c4ccccc4)nn(-c4nccc(C(F)(F)F)n4)c3nc2c1. The molecule has 0 fully saturated rings. The number of fused-ring (bicyclic) bond motifs is 2. The molecule has 0 radical (unpaired) electrons.